The molecule has 0 saturated heterocycles. The fraction of sp³-hybridized carbons (Fsp3) is 0.538. The summed E-state index contributed by atoms with van der Waals surface area (Å²) < 4.78 is 5.47. The summed E-state index contributed by atoms with van der Waals surface area (Å²) in [4.78, 5) is 0. The maximum atomic E-state index is 9.02. The standard InChI is InChI=1S/C13H19NO2/c1-9-5-12(10(2)16-9)7-14-13-4-3-11(6-13)8-15/h3-5,11,13-15H,6-8H2,1-2H3/t11-,13+/m0/s1. The summed E-state index contributed by atoms with van der Waals surface area (Å²) in [5.41, 5.74) is 1.22. The summed E-state index contributed by atoms with van der Waals surface area (Å²) >= 11 is 0. The molecule has 3 heteroatoms. The van der Waals surface area contributed by atoms with Crippen LogP contribution in [0.25, 0.3) is 0 Å². The second-order valence-electron chi connectivity index (χ2n) is 4.49. The summed E-state index contributed by atoms with van der Waals surface area (Å²) in [5.74, 6) is 2.28. The van der Waals surface area contributed by atoms with Crippen molar-refractivity contribution in [3.8, 4) is 0 Å². The van der Waals surface area contributed by atoms with Crippen molar-refractivity contribution < 1.29 is 9.52 Å². The van der Waals surface area contributed by atoms with Crippen LogP contribution in [0.15, 0.2) is 22.6 Å². The minimum atomic E-state index is 0.249. The van der Waals surface area contributed by atoms with E-state index in [9.17, 15) is 0 Å². The molecule has 0 unspecified atom stereocenters. The average Bonchev–Trinajstić information content (AvgIpc) is 2.82. The zero-order valence-electron chi connectivity index (χ0n) is 9.86. The van der Waals surface area contributed by atoms with Crippen LogP contribution in [-0.2, 0) is 6.54 Å². The van der Waals surface area contributed by atoms with Crippen molar-refractivity contribution in [1.29, 1.82) is 0 Å². The van der Waals surface area contributed by atoms with Gasteiger partial charge < -0.3 is 14.8 Å². The zero-order chi connectivity index (χ0) is 11.5. The molecule has 2 atom stereocenters. The Bertz CT molecular complexity index is 381. The highest BCUT2D eigenvalue weighted by Gasteiger charge is 2.17. The number of nitrogens with one attached hydrogen (secondary N) is 1. The maximum Gasteiger partial charge on any atom is 0.105 e. The van der Waals surface area contributed by atoms with E-state index in [1.807, 2.05) is 13.8 Å². The van der Waals surface area contributed by atoms with E-state index in [1.165, 1.54) is 5.56 Å². The monoisotopic (exact) mass is 221 g/mol. The van der Waals surface area contributed by atoms with Gasteiger partial charge in [0.05, 0.1) is 0 Å². The van der Waals surface area contributed by atoms with Gasteiger partial charge in [-0.15, -0.1) is 0 Å². The zero-order valence-corrected chi connectivity index (χ0v) is 9.86. The Morgan fingerprint density at radius 2 is 2.25 bits per heavy atom. The molecular formula is C13H19NO2. The van der Waals surface area contributed by atoms with Gasteiger partial charge in [-0.25, -0.2) is 0 Å². The Labute approximate surface area is 96.2 Å². The Morgan fingerprint density at radius 1 is 1.44 bits per heavy atom. The van der Waals surface area contributed by atoms with Gasteiger partial charge in [-0.2, -0.15) is 0 Å². The molecule has 0 spiro atoms. The first-order valence-corrected chi connectivity index (χ1v) is 5.77. The number of aliphatic hydroxyl groups excluding tert-OH is 1. The summed E-state index contributed by atoms with van der Waals surface area (Å²) in [6, 6.07) is 2.46. The smallest absolute Gasteiger partial charge is 0.105 e. The molecule has 0 aromatic carbocycles. The van der Waals surface area contributed by atoms with E-state index < -0.39 is 0 Å². The molecule has 1 aliphatic carbocycles. The molecule has 0 amide bonds. The number of hydrogen-bond acceptors (Lipinski definition) is 3. The fourth-order valence-corrected chi connectivity index (χ4v) is 2.16. The quantitative estimate of drug-likeness (QED) is 0.764. The van der Waals surface area contributed by atoms with Crippen molar-refractivity contribution in [3.63, 3.8) is 0 Å². The molecule has 88 valence electrons. The largest absolute Gasteiger partial charge is 0.466 e. The molecule has 1 aromatic heterocycles. The number of furan rings is 1. The molecule has 2 N–H and O–H groups in total. The van der Waals surface area contributed by atoms with E-state index in [0.717, 1.165) is 24.5 Å². The van der Waals surface area contributed by atoms with Crippen LogP contribution >= 0.6 is 0 Å². The summed E-state index contributed by atoms with van der Waals surface area (Å²) in [5, 5.41) is 12.5. The molecule has 16 heavy (non-hydrogen) atoms. The minimum absolute atomic E-state index is 0.249. The molecular weight excluding hydrogens is 202 g/mol. The van der Waals surface area contributed by atoms with Gasteiger partial charge in [-0.3, -0.25) is 0 Å². The third-order valence-electron chi connectivity index (χ3n) is 3.11. The molecule has 1 aliphatic rings. The number of aryl methyl sites for hydroxylation is 2. The molecule has 1 aromatic rings. The lowest BCUT2D eigenvalue weighted by atomic mass is 10.1. The first-order chi connectivity index (χ1) is 7.69. The van der Waals surface area contributed by atoms with Crippen LogP contribution in [0.3, 0.4) is 0 Å². The van der Waals surface area contributed by atoms with Crippen LogP contribution in [0.5, 0.6) is 0 Å². The van der Waals surface area contributed by atoms with E-state index >= 15 is 0 Å². The van der Waals surface area contributed by atoms with Crippen molar-refractivity contribution >= 4 is 0 Å². The summed E-state index contributed by atoms with van der Waals surface area (Å²) in [7, 11) is 0. The van der Waals surface area contributed by atoms with Crippen molar-refractivity contribution in [1.82, 2.24) is 5.32 Å². The molecule has 0 fully saturated rings. The van der Waals surface area contributed by atoms with Crippen LogP contribution in [-0.4, -0.2) is 17.8 Å². The Balaban J connectivity index is 1.85. The van der Waals surface area contributed by atoms with Crippen molar-refractivity contribution in [2.75, 3.05) is 6.61 Å². The summed E-state index contributed by atoms with van der Waals surface area (Å²) in [6.45, 7) is 5.04. The number of hydrogen-bond donors (Lipinski definition) is 2. The Kier molecular flexibility index (Phi) is 3.46. The molecule has 2 rings (SSSR count). The van der Waals surface area contributed by atoms with Gasteiger partial charge in [0, 0.05) is 30.7 Å². The van der Waals surface area contributed by atoms with Gasteiger partial charge in [0.2, 0.25) is 0 Å². The van der Waals surface area contributed by atoms with Gasteiger partial charge in [-0.1, -0.05) is 12.2 Å². The molecule has 0 radical (unpaired) electrons. The molecule has 3 nitrogen and oxygen atoms in total. The van der Waals surface area contributed by atoms with Gasteiger partial charge in [0.1, 0.15) is 11.5 Å². The fourth-order valence-electron chi connectivity index (χ4n) is 2.16. The predicted molar refractivity (Wildman–Crippen MR) is 63.1 cm³/mol. The summed E-state index contributed by atoms with van der Waals surface area (Å²) in [6.07, 6.45) is 5.22. The van der Waals surface area contributed by atoms with Crippen molar-refractivity contribution in [2.24, 2.45) is 5.92 Å². The van der Waals surface area contributed by atoms with E-state index in [-0.39, 0.29) is 6.61 Å². The van der Waals surface area contributed by atoms with E-state index in [2.05, 4.69) is 23.5 Å². The van der Waals surface area contributed by atoms with Crippen LogP contribution in [0.4, 0.5) is 0 Å². The second-order valence-corrected chi connectivity index (χ2v) is 4.49. The third-order valence-corrected chi connectivity index (χ3v) is 3.11. The van der Waals surface area contributed by atoms with E-state index in [0.29, 0.717) is 12.0 Å². The van der Waals surface area contributed by atoms with Crippen molar-refractivity contribution in [3.05, 3.63) is 35.3 Å². The highest BCUT2D eigenvalue weighted by molar-refractivity contribution is 5.20. The third kappa shape index (κ3) is 2.54. The van der Waals surface area contributed by atoms with Crippen LogP contribution in [0.2, 0.25) is 0 Å². The van der Waals surface area contributed by atoms with Crippen LogP contribution in [0, 0.1) is 19.8 Å². The maximum absolute atomic E-state index is 9.02. The average molecular weight is 221 g/mol. The normalized spacial score (nSPS) is 24.2. The van der Waals surface area contributed by atoms with Crippen molar-refractivity contribution in [2.45, 2.75) is 32.9 Å². The highest BCUT2D eigenvalue weighted by atomic mass is 16.3. The molecule has 0 bridgehead atoms. The SMILES string of the molecule is Cc1cc(CN[C@@H]2C=C[C@H](CO)C2)c(C)o1. The first-order valence-electron chi connectivity index (χ1n) is 5.77. The van der Waals surface area contributed by atoms with Crippen LogP contribution < -0.4 is 5.32 Å². The lowest BCUT2D eigenvalue weighted by molar-refractivity contribution is 0.246. The number of aliphatic hydroxyl groups is 1. The molecule has 0 aliphatic heterocycles. The topological polar surface area (TPSA) is 45.4 Å². The lowest BCUT2D eigenvalue weighted by Crippen LogP contribution is -2.26. The Hall–Kier alpha value is -1.06. The van der Waals surface area contributed by atoms with Gasteiger partial charge in [0.25, 0.3) is 0 Å². The van der Waals surface area contributed by atoms with Gasteiger partial charge in [0.15, 0.2) is 0 Å². The first kappa shape index (κ1) is 11.4. The second kappa shape index (κ2) is 4.85. The van der Waals surface area contributed by atoms with E-state index in [4.69, 9.17) is 9.52 Å². The number of rotatable bonds is 4. The van der Waals surface area contributed by atoms with E-state index in [1.54, 1.807) is 0 Å². The Morgan fingerprint density at radius 3 is 2.81 bits per heavy atom. The van der Waals surface area contributed by atoms with Gasteiger partial charge >= 0.3 is 0 Å². The van der Waals surface area contributed by atoms with Crippen LogP contribution in [0.1, 0.15) is 23.5 Å². The predicted octanol–water partition coefficient (Wildman–Crippen LogP) is 1.92. The molecule has 1 heterocycles. The minimum Gasteiger partial charge on any atom is -0.466 e. The highest BCUT2D eigenvalue weighted by Crippen LogP contribution is 2.18. The molecule has 0 saturated carbocycles. The van der Waals surface area contributed by atoms with Gasteiger partial charge in [-0.05, 0) is 26.3 Å². The lowest BCUT2D eigenvalue weighted by Gasteiger charge is -2.11.